The lowest BCUT2D eigenvalue weighted by Crippen LogP contribution is -2.28. The van der Waals surface area contributed by atoms with Crippen LogP contribution in [0, 0.1) is 5.82 Å². The molecule has 0 aliphatic heterocycles. The lowest BCUT2D eigenvalue weighted by atomic mass is 9.96. The number of amides is 2. The number of imidazole rings is 1. The van der Waals surface area contributed by atoms with E-state index in [0.29, 0.717) is 10.9 Å². The van der Waals surface area contributed by atoms with Crippen LogP contribution in [-0.4, -0.2) is 36.5 Å². The standard InChI is InChI=1S/C27H22ClFN6O4S/c1-14(36)13-35-23(15(2)18-11-16(29)7-8-19(18)28)24(32-25(35)27(38)31-12-21-30-9-10-39-21)33-26(37)22-17-5-3-4-6-20(17)40-34-22/h3-11,15H,12-13H2,1-2H3,(H,31,38)(H,33,37)/t15-/m1/s1. The maximum atomic E-state index is 14.3. The van der Waals surface area contributed by atoms with Gasteiger partial charge < -0.3 is 19.6 Å². The molecule has 2 aromatic carbocycles. The van der Waals surface area contributed by atoms with Crippen molar-refractivity contribution in [1.29, 1.82) is 0 Å². The van der Waals surface area contributed by atoms with E-state index >= 15 is 0 Å². The van der Waals surface area contributed by atoms with Gasteiger partial charge >= 0.3 is 0 Å². The topological polar surface area (TPSA) is 132 Å². The van der Waals surface area contributed by atoms with Crippen molar-refractivity contribution < 1.29 is 23.2 Å². The van der Waals surface area contributed by atoms with Crippen molar-refractivity contribution >= 4 is 56.6 Å². The van der Waals surface area contributed by atoms with Gasteiger partial charge in [0.15, 0.2) is 5.82 Å². The smallest absolute Gasteiger partial charge is 0.287 e. The number of rotatable bonds is 9. The van der Waals surface area contributed by atoms with Crippen LogP contribution in [0.25, 0.3) is 10.1 Å². The highest BCUT2D eigenvalue weighted by Crippen LogP contribution is 2.36. The first kappa shape index (κ1) is 27.2. The minimum Gasteiger partial charge on any atom is -0.447 e. The fourth-order valence-electron chi connectivity index (χ4n) is 4.34. The van der Waals surface area contributed by atoms with E-state index in [0.717, 1.165) is 4.70 Å². The largest absolute Gasteiger partial charge is 0.447 e. The van der Waals surface area contributed by atoms with Gasteiger partial charge in [-0.3, -0.25) is 14.4 Å². The number of Topliss-reactive ketones (excluding diaryl/α,β-unsaturated/α-hetero) is 1. The third-order valence-electron chi connectivity index (χ3n) is 6.13. The monoisotopic (exact) mass is 580 g/mol. The van der Waals surface area contributed by atoms with Crippen molar-refractivity contribution in [2.45, 2.75) is 32.9 Å². The molecule has 10 nitrogen and oxygen atoms in total. The number of carbonyl (C=O) groups is 3. The number of oxazole rings is 1. The predicted octanol–water partition coefficient (Wildman–Crippen LogP) is 5.20. The fraction of sp³-hybridized carbons (Fsp3) is 0.185. The molecule has 2 N–H and O–H groups in total. The molecule has 0 unspecified atom stereocenters. The maximum absolute atomic E-state index is 14.3. The highest BCUT2D eigenvalue weighted by atomic mass is 35.5. The van der Waals surface area contributed by atoms with Crippen molar-refractivity contribution in [3.63, 3.8) is 0 Å². The number of hydrogen-bond donors (Lipinski definition) is 2. The van der Waals surface area contributed by atoms with Crippen LogP contribution in [0.4, 0.5) is 10.2 Å². The first-order valence-electron chi connectivity index (χ1n) is 12.1. The summed E-state index contributed by atoms with van der Waals surface area (Å²) in [7, 11) is 0. The summed E-state index contributed by atoms with van der Waals surface area (Å²) in [6.45, 7) is 2.80. The van der Waals surface area contributed by atoms with E-state index in [4.69, 9.17) is 16.0 Å². The SMILES string of the molecule is CC(=O)Cn1c(C(=O)NCc2ncco2)nc(NC(=O)c2nsc3ccccc23)c1[C@H](C)c1cc(F)ccc1Cl. The normalized spacial score (nSPS) is 11.9. The molecule has 0 aliphatic rings. The minimum atomic E-state index is -0.689. The van der Waals surface area contributed by atoms with E-state index in [1.165, 1.54) is 53.7 Å². The van der Waals surface area contributed by atoms with Crippen LogP contribution < -0.4 is 10.6 Å². The molecule has 0 spiro atoms. The molecule has 40 heavy (non-hydrogen) atoms. The predicted molar refractivity (Wildman–Crippen MR) is 147 cm³/mol. The number of fused-ring (bicyclic) bond motifs is 1. The molecule has 2 amide bonds. The van der Waals surface area contributed by atoms with Crippen LogP contribution in [0.3, 0.4) is 0 Å². The van der Waals surface area contributed by atoms with E-state index in [1.807, 2.05) is 12.1 Å². The number of anilines is 1. The Labute approximate surface area is 236 Å². The first-order valence-corrected chi connectivity index (χ1v) is 13.2. The number of benzene rings is 2. The summed E-state index contributed by atoms with van der Waals surface area (Å²) < 4.78 is 25.9. The summed E-state index contributed by atoms with van der Waals surface area (Å²) in [5, 5.41) is 6.34. The van der Waals surface area contributed by atoms with Gasteiger partial charge in [-0.2, -0.15) is 4.37 Å². The van der Waals surface area contributed by atoms with Gasteiger partial charge in [-0.1, -0.05) is 36.7 Å². The zero-order valence-electron chi connectivity index (χ0n) is 21.3. The minimum absolute atomic E-state index is 0.0115. The van der Waals surface area contributed by atoms with Crippen LogP contribution in [0.1, 0.15) is 58.0 Å². The summed E-state index contributed by atoms with van der Waals surface area (Å²) in [6, 6.07) is 11.2. The molecule has 3 heterocycles. The van der Waals surface area contributed by atoms with E-state index < -0.39 is 23.5 Å². The molecule has 0 bridgehead atoms. The number of halogens is 2. The van der Waals surface area contributed by atoms with Crippen LogP contribution in [0.5, 0.6) is 0 Å². The lowest BCUT2D eigenvalue weighted by molar-refractivity contribution is -0.117. The van der Waals surface area contributed by atoms with E-state index in [9.17, 15) is 18.8 Å². The third kappa shape index (κ3) is 5.49. The highest BCUT2D eigenvalue weighted by Gasteiger charge is 2.30. The number of hydrogen-bond acceptors (Lipinski definition) is 8. The summed E-state index contributed by atoms with van der Waals surface area (Å²) in [4.78, 5) is 47.5. The second-order valence-corrected chi connectivity index (χ2v) is 10.1. The van der Waals surface area contributed by atoms with Crippen molar-refractivity contribution in [2.75, 3.05) is 5.32 Å². The average Bonchev–Trinajstić information content (AvgIpc) is 3.67. The number of ketones is 1. The van der Waals surface area contributed by atoms with Gasteiger partial charge in [-0.25, -0.2) is 14.4 Å². The van der Waals surface area contributed by atoms with Crippen molar-refractivity contribution in [3.05, 3.63) is 94.4 Å². The van der Waals surface area contributed by atoms with Crippen LogP contribution in [0.2, 0.25) is 5.02 Å². The lowest BCUT2D eigenvalue weighted by Gasteiger charge is -2.19. The highest BCUT2D eigenvalue weighted by molar-refractivity contribution is 7.13. The van der Waals surface area contributed by atoms with Gasteiger partial charge in [0, 0.05) is 16.3 Å². The van der Waals surface area contributed by atoms with Gasteiger partial charge in [0.2, 0.25) is 11.7 Å². The molecule has 204 valence electrons. The Kier molecular flexibility index (Phi) is 7.71. The molecule has 5 aromatic rings. The number of nitrogens with one attached hydrogen (secondary N) is 2. The summed E-state index contributed by atoms with van der Waals surface area (Å²) >= 11 is 7.60. The third-order valence-corrected chi connectivity index (χ3v) is 7.30. The van der Waals surface area contributed by atoms with Gasteiger partial charge in [-0.15, -0.1) is 0 Å². The van der Waals surface area contributed by atoms with E-state index in [1.54, 1.807) is 19.1 Å². The Balaban J connectivity index is 1.61. The Morgan fingerprint density at radius 1 is 1.18 bits per heavy atom. The summed E-state index contributed by atoms with van der Waals surface area (Å²) in [5.41, 5.74) is 0.851. The molecule has 0 fully saturated rings. The maximum Gasteiger partial charge on any atom is 0.287 e. The number of nitrogens with zero attached hydrogens (tertiary/aromatic N) is 4. The molecular formula is C27H22ClFN6O4S. The Morgan fingerprint density at radius 3 is 2.73 bits per heavy atom. The van der Waals surface area contributed by atoms with E-state index in [-0.39, 0.29) is 52.8 Å². The van der Waals surface area contributed by atoms with Crippen LogP contribution >= 0.6 is 23.1 Å². The second kappa shape index (κ2) is 11.4. The molecule has 0 saturated carbocycles. The number of carbonyl (C=O) groups excluding carboxylic acids is 3. The molecule has 0 radical (unpaired) electrons. The Bertz CT molecular complexity index is 1730. The van der Waals surface area contributed by atoms with Crippen molar-refractivity contribution in [3.8, 4) is 0 Å². The molecular weight excluding hydrogens is 559 g/mol. The van der Waals surface area contributed by atoms with Gasteiger partial charge in [0.05, 0.1) is 29.7 Å². The average molecular weight is 581 g/mol. The Morgan fingerprint density at radius 2 is 1.98 bits per heavy atom. The van der Waals surface area contributed by atoms with E-state index in [2.05, 4.69) is 25.0 Å². The number of aromatic nitrogens is 4. The molecule has 0 saturated heterocycles. The second-order valence-electron chi connectivity index (χ2n) is 8.93. The molecule has 1 atom stereocenters. The zero-order chi connectivity index (χ0) is 28.4. The van der Waals surface area contributed by atoms with Crippen molar-refractivity contribution in [2.24, 2.45) is 0 Å². The fourth-order valence-corrected chi connectivity index (χ4v) is 5.39. The van der Waals surface area contributed by atoms with Crippen LogP contribution in [0.15, 0.2) is 59.3 Å². The molecule has 3 aromatic heterocycles. The molecule has 5 rings (SSSR count). The van der Waals surface area contributed by atoms with Gasteiger partial charge in [-0.05, 0) is 48.3 Å². The molecule has 13 heteroatoms. The van der Waals surface area contributed by atoms with Gasteiger partial charge in [0.1, 0.15) is 23.6 Å². The molecule has 0 aliphatic carbocycles. The van der Waals surface area contributed by atoms with Crippen molar-refractivity contribution in [1.82, 2.24) is 24.2 Å². The summed E-state index contributed by atoms with van der Waals surface area (Å²) in [6.07, 6.45) is 2.81. The first-order chi connectivity index (χ1) is 19.2. The van der Waals surface area contributed by atoms with Gasteiger partial charge in [0.25, 0.3) is 11.8 Å². The Hall–Kier alpha value is -4.42. The quantitative estimate of drug-likeness (QED) is 0.245. The van der Waals surface area contributed by atoms with Crippen LogP contribution in [-0.2, 0) is 17.9 Å². The zero-order valence-corrected chi connectivity index (χ0v) is 22.8. The summed E-state index contributed by atoms with van der Waals surface area (Å²) in [5.74, 6) is -2.55.